The molecule has 1 saturated heterocycles. The summed E-state index contributed by atoms with van der Waals surface area (Å²) in [6.45, 7) is 3.07. The average Bonchev–Trinajstić information content (AvgIpc) is 2.40. The van der Waals surface area contributed by atoms with E-state index >= 15 is 0 Å². The van der Waals surface area contributed by atoms with Gasteiger partial charge in [0.25, 0.3) is 5.91 Å². The number of halogens is 4. The molecule has 1 heterocycles. The highest BCUT2D eigenvalue weighted by atomic mass is 35.5. The third kappa shape index (κ3) is 4.27. The highest BCUT2D eigenvalue weighted by Gasteiger charge is 2.31. The van der Waals surface area contributed by atoms with Crippen LogP contribution in [0.25, 0.3) is 0 Å². The van der Waals surface area contributed by atoms with E-state index in [-0.39, 0.29) is 23.0 Å². The molecule has 1 aliphatic heterocycles. The maximum Gasteiger partial charge on any atom is 0.573 e. The van der Waals surface area contributed by atoms with Crippen molar-refractivity contribution in [3.05, 3.63) is 29.8 Å². The van der Waals surface area contributed by atoms with Gasteiger partial charge in [0, 0.05) is 24.0 Å². The van der Waals surface area contributed by atoms with E-state index in [0.29, 0.717) is 25.1 Å². The number of nitrogens with zero attached hydrogens (tertiary/aromatic N) is 1. The second kappa shape index (κ2) is 6.13. The molecule has 3 nitrogen and oxygen atoms in total. The normalized spacial score (nSPS) is 23.0. The molecule has 2 rings (SSSR count). The molecule has 7 heteroatoms. The van der Waals surface area contributed by atoms with Gasteiger partial charge in [-0.15, -0.1) is 24.8 Å². The summed E-state index contributed by atoms with van der Waals surface area (Å²) in [5.74, 6) is -0.354. The fraction of sp³-hybridized carbons (Fsp3) is 0.500. The number of likely N-dealkylation sites (tertiary alicyclic amines) is 1. The van der Waals surface area contributed by atoms with Crippen LogP contribution in [0, 0.1) is 5.92 Å². The summed E-state index contributed by atoms with van der Waals surface area (Å²) in [5.41, 5.74) is 0.338. The summed E-state index contributed by atoms with van der Waals surface area (Å²) in [7, 11) is 0. The Balaban J connectivity index is 2.03. The Hall–Kier alpha value is -1.43. The lowest BCUT2D eigenvalue weighted by Crippen LogP contribution is -2.43. The summed E-state index contributed by atoms with van der Waals surface area (Å²) in [5, 5.41) is 0.0524. The van der Waals surface area contributed by atoms with Crippen LogP contribution in [0.4, 0.5) is 13.2 Å². The van der Waals surface area contributed by atoms with E-state index in [1.807, 2.05) is 6.92 Å². The maximum atomic E-state index is 12.3. The third-order valence-corrected chi connectivity index (χ3v) is 4.07. The van der Waals surface area contributed by atoms with Crippen molar-refractivity contribution in [2.75, 3.05) is 13.1 Å². The van der Waals surface area contributed by atoms with Crippen molar-refractivity contribution in [1.82, 2.24) is 4.90 Å². The molecule has 1 aromatic carbocycles. The quantitative estimate of drug-likeness (QED) is 0.778. The number of carbonyl (C=O) groups excluding carboxylic acids is 1. The van der Waals surface area contributed by atoms with Crippen LogP contribution in [0.1, 0.15) is 23.7 Å². The van der Waals surface area contributed by atoms with E-state index in [1.54, 1.807) is 4.90 Å². The minimum Gasteiger partial charge on any atom is -0.406 e. The predicted octanol–water partition coefficient (Wildman–Crippen LogP) is 3.67. The van der Waals surface area contributed by atoms with Gasteiger partial charge in [0.15, 0.2) is 0 Å². The number of hydrogen-bond acceptors (Lipinski definition) is 2. The Bertz CT molecular complexity index is 504. The van der Waals surface area contributed by atoms with Gasteiger partial charge in [-0.1, -0.05) is 6.92 Å². The first-order valence-electron chi connectivity index (χ1n) is 6.55. The Morgan fingerprint density at radius 3 is 2.48 bits per heavy atom. The number of rotatable bonds is 2. The Kier molecular flexibility index (Phi) is 4.66. The van der Waals surface area contributed by atoms with Gasteiger partial charge in [0.1, 0.15) is 5.75 Å². The van der Waals surface area contributed by atoms with Crippen molar-refractivity contribution in [2.24, 2.45) is 5.92 Å². The molecule has 0 spiro atoms. The number of alkyl halides is 4. The van der Waals surface area contributed by atoms with Crippen molar-refractivity contribution in [3.63, 3.8) is 0 Å². The zero-order valence-electron chi connectivity index (χ0n) is 11.4. The molecule has 2 unspecified atom stereocenters. The fourth-order valence-electron chi connectivity index (χ4n) is 2.28. The molecule has 1 aromatic rings. The summed E-state index contributed by atoms with van der Waals surface area (Å²) in [6, 6.07) is 4.94. The number of hydrogen-bond donors (Lipinski definition) is 0. The van der Waals surface area contributed by atoms with Crippen LogP contribution in [-0.2, 0) is 0 Å². The molecule has 0 radical (unpaired) electrons. The molecule has 1 amide bonds. The van der Waals surface area contributed by atoms with Crippen molar-refractivity contribution < 1.29 is 22.7 Å². The average molecular weight is 322 g/mol. The molecule has 0 aromatic heterocycles. The predicted molar refractivity (Wildman–Crippen MR) is 72.5 cm³/mol. The zero-order valence-corrected chi connectivity index (χ0v) is 12.1. The molecule has 116 valence electrons. The minimum atomic E-state index is -4.73. The SMILES string of the molecule is CC1CN(C(=O)c2ccc(OC(F)(F)F)cc2)CCC1Cl. The second-order valence-corrected chi connectivity index (χ2v) is 5.67. The molecule has 1 fully saturated rings. The first-order chi connectivity index (χ1) is 9.76. The number of ether oxygens (including phenoxy) is 1. The van der Waals surface area contributed by atoms with Gasteiger partial charge in [0.2, 0.25) is 0 Å². The smallest absolute Gasteiger partial charge is 0.406 e. The van der Waals surface area contributed by atoms with Gasteiger partial charge in [-0.05, 0) is 36.6 Å². The molecule has 0 bridgehead atoms. The second-order valence-electron chi connectivity index (χ2n) is 5.11. The summed E-state index contributed by atoms with van der Waals surface area (Å²) in [4.78, 5) is 13.9. The summed E-state index contributed by atoms with van der Waals surface area (Å²) < 4.78 is 40.0. The number of piperidine rings is 1. The van der Waals surface area contributed by atoms with E-state index in [1.165, 1.54) is 12.1 Å². The molecule has 0 saturated carbocycles. The zero-order chi connectivity index (χ0) is 15.6. The van der Waals surface area contributed by atoms with E-state index < -0.39 is 6.36 Å². The van der Waals surface area contributed by atoms with Gasteiger partial charge in [0.05, 0.1) is 0 Å². The van der Waals surface area contributed by atoms with Gasteiger partial charge in [-0.25, -0.2) is 0 Å². The van der Waals surface area contributed by atoms with Crippen LogP contribution < -0.4 is 4.74 Å². The monoisotopic (exact) mass is 321 g/mol. The molecular weight excluding hydrogens is 307 g/mol. The fourth-order valence-corrected chi connectivity index (χ4v) is 2.46. The van der Waals surface area contributed by atoms with Crippen molar-refractivity contribution in [2.45, 2.75) is 25.1 Å². The van der Waals surface area contributed by atoms with Gasteiger partial charge in [-0.3, -0.25) is 4.79 Å². The molecule has 21 heavy (non-hydrogen) atoms. The van der Waals surface area contributed by atoms with Gasteiger partial charge >= 0.3 is 6.36 Å². The maximum absolute atomic E-state index is 12.3. The molecule has 1 aliphatic rings. The summed E-state index contributed by atoms with van der Waals surface area (Å²) >= 11 is 6.10. The molecule has 2 atom stereocenters. The Labute approximate surface area is 125 Å². The van der Waals surface area contributed by atoms with Crippen LogP contribution >= 0.6 is 11.6 Å². The van der Waals surface area contributed by atoms with Crippen molar-refractivity contribution in [3.8, 4) is 5.75 Å². The van der Waals surface area contributed by atoms with Gasteiger partial charge < -0.3 is 9.64 Å². The van der Waals surface area contributed by atoms with Crippen LogP contribution in [0.15, 0.2) is 24.3 Å². The van der Waals surface area contributed by atoms with Crippen molar-refractivity contribution in [1.29, 1.82) is 0 Å². The minimum absolute atomic E-state index is 0.0524. The molecular formula is C14H15ClF3NO2. The van der Waals surface area contributed by atoms with Crippen LogP contribution in [-0.4, -0.2) is 35.6 Å². The highest BCUT2D eigenvalue weighted by Crippen LogP contribution is 2.25. The Morgan fingerprint density at radius 1 is 1.33 bits per heavy atom. The number of benzene rings is 1. The number of amides is 1. The lowest BCUT2D eigenvalue weighted by molar-refractivity contribution is -0.274. The summed E-state index contributed by atoms with van der Waals surface area (Å²) in [6.07, 6.45) is -4.02. The standard InChI is InChI=1S/C14H15ClF3NO2/c1-9-8-19(7-6-12(9)15)13(20)10-2-4-11(5-3-10)21-14(16,17)18/h2-5,9,12H,6-8H2,1H3. The first-order valence-corrected chi connectivity index (χ1v) is 6.99. The van der Waals surface area contributed by atoms with Gasteiger partial charge in [-0.2, -0.15) is 0 Å². The van der Waals surface area contributed by atoms with E-state index in [0.717, 1.165) is 12.1 Å². The van der Waals surface area contributed by atoms with Crippen LogP contribution in [0.3, 0.4) is 0 Å². The number of carbonyl (C=O) groups is 1. The van der Waals surface area contributed by atoms with E-state index in [4.69, 9.17) is 11.6 Å². The van der Waals surface area contributed by atoms with Crippen LogP contribution in [0.2, 0.25) is 0 Å². The van der Waals surface area contributed by atoms with Crippen molar-refractivity contribution >= 4 is 17.5 Å². The lowest BCUT2D eigenvalue weighted by Gasteiger charge is -2.34. The lowest BCUT2D eigenvalue weighted by atomic mass is 9.99. The first kappa shape index (κ1) is 15.9. The topological polar surface area (TPSA) is 29.5 Å². The van der Waals surface area contributed by atoms with Crippen LogP contribution in [0.5, 0.6) is 5.75 Å². The van der Waals surface area contributed by atoms with E-state index in [9.17, 15) is 18.0 Å². The van der Waals surface area contributed by atoms with E-state index in [2.05, 4.69) is 4.74 Å². The highest BCUT2D eigenvalue weighted by molar-refractivity contribution is 6.20. The molecule has 0 N–H and O–H groups in total. The Morgan fingerprint density at radius 2 is 1.95 bits per heavy atom. The molecule has 0 aliphatic carbocycles. The largest absolute Gasteiger partial charge is 0.573 e. The third-order valence-electron chi connectivity index (χ3n) is 3.42.